The van der Waals surface area contributed by atoms with Crippen molar-refractivity contribution in [3.63, 3.8) is 0 Å². The van der Waals surface area contributed by atoms with E-state index in [-0.39, 0.29) is 39.4 Å². The van der Waals surface area contributed by atoms with Gasteiger partial charge in [0, 0.05) is 12.1 Å². The lowest BCUT2D eigenvalue weighted by molar-refractivity contribution is -0.183. The van der Waals surface area contributed by atoms with Gasteiger partial charge in [-0.15, -0.1) is 0 Å². The number of sulfonamides is 1. The quantitative estimate of drug-likeness (QED) is 0.690. The predicted octanol–water partition coefficient (Wildman–Crippen LogP) is 4.29. The Hall–Kier alpha value is -1.03. The van der Waals surface area contributed by atoms with E-state index in [1.807, 2.05) is 0 Å². The molecule has 0 radical (unpaired) electrons. The van der Waals surface area contributed by atoms with Crippen LogP contribution in [0.2, 0.25) is 10.0 Å². The Morgan fingerprint density at radius 2 is 1.71 bits per heavy atom. The average molecular weight is 459 g/mol. The summed E-state index contributed by atoms with van der Waals surface area (Å²) in [5.41, 5.74) is -0.142. The van der Waals surface area contributed by atoms with Crippen molar-refractivity contribution in [2.45, 2.75) is 61.7 Å². The highest BCUT2D eigenvalue weighted by atomic mass is 35.5. The summed E-state index contributed by atoms with van der Waals surface area (Å²) < 4.78 is 66.2. The molecule has 3 rings (SSSR count). The summed E-state index contributed by atoms with van der Waals surface area (Å²) in [7, 11) is -3.93. The van der Waals surface area contributed by atoms with E-state index in [0.29, 0.717) is 12.8 Å². The van der Waals surface area contributed by atoms with Crippen LogP contribution in [-0.4, -0.2) is 32.6 Å². The van der Waals surface area contributed by atoms with E-state index >= 15 is 0 Å². The van der Waals surface area contributed by atoms with Gasteiger partial charge in [-0.2, -0.15) is 13.2 Å². The van der Waals surface area contributed by atoms with Crippen LogP contribution in [0.3, 0.4) is 0 Å². The monoisotopic (exact) mass is 458 g/mol. The molecule has 0 heterocycles. The number of hydrogen-bond donors (Lipinski definition) is 2. The fourth-order valence-electron chi connectivity index (χ4n) is 3.27. The molecule has 2 N–H and O–H groups in total. The normalized spacial score (nSPS) is 23.5. The summed E-state index contributed by atoms with van der Waals surface area (Å²) in [6, 6.07) is 1.40. The second-order valence-electron chi connectivity index (χ2n) is 7.23. The molecule has 0 spiro atoms. The molecule has 2 saturated carbocycles. The van der Waals surface area contributed by atoms with E-state index in [0.717, 1.165) is 25.0 Å². The molecular formula is C17H19Cl2F3N2O3S. The summed E-state index contributed by atoms with van der Waals surface area (Å²) in [5, 5.41) is 2.34. The zero-order chi connectivity index (χ0) is 20.7. The third-order valence-corrected chi connectivity index (χ3v) is 7.23. The van der Waals surface area contributed by atoms with Gasteiger partial charge in [0.2, 0.25) is 10.0 Å². The minimum atomic E-state index is -4.31. The van der Waals surface area contributed by atoms with Crippen molar-refractivity contribution in [1.82, 2.24) is 10.0 Å². The third kappa shape index (κ3) is 5.11. The molecule has 0 saturated heterocycles. The van der Waals surface area contributed by atoms with E-state index in [4.69, 9.17) is 23.2 Å². The lowest BCUT2D eigenvalue weighted by Crippen LogP contribution is -2.41. The minimum Gasteiger partial charge on any atom is -0.349 e. The van der Waals surface area contributed by atoms with E-state index < -0.39 is 34.1 Å². The number of carbonyl (C=O) groups is 1. The molecule has 1 aromatic rings. The topological polar surface area (TPSA) is 75.3 Å². The van der Waals surface area contributed by atoms with Gasteiger partial charge < -0.3 is 5.32 Å². The molecule has 2 atom stereocenters. The molecule has 2 aliphatic carbocycles. The molecule has 5 nitrogen and oxygen atoms in total. The first-order chi connectivity index (χ1) is 13.0. The van der Waals surface area contributed by atoms with Gasteiger partial charge in [0.05, 0.1) is 21.5 Å². The second kappa shape index (κ2) is 8.01. The molecule has 0 bridgehead atoms. The minimum absolute atomic E-state index is 0.0345. The number of nitrogens with one attached hydrogen (secondary N) is 2. The standard InChI is InChI=1S/C17H19Cl2F3N2O3S/c18-13-8-14(19)15(28(26,27)24-10-4-5-10)7-12(13)16(25)23-11-3-1-2-9(6-11)17(20,21)22/h7-11,24H,1-6H2,(H,23,25). The number of benzene rings is 1. The molecule has 11 heteroatoms. The van der Waals surface area contributed by atoms with Crippen molar-refractivity contribution in [2.24, 2.45) is 5.92 Å². The first-order valence-electron chi connectivity index (χ1n) is 8.86. The molecule has 0 aromatic heterocycles. The average Bonchev–Trinajstić information content (AvgIpc) is 3.37. The molecule has 1 amide bonds. The predicted molar refractivity (Wildman–Crippen MR) is 99.1 cm³/mol. The lowest BCUT2D eigenvalue weighted by atomic mass is 9.85. The molecule has 2 unspecified atom stereocenters. The lowest BCUT2D eigenvalue weighted by Gasteiger charge is -2.31. The number of hydrogen-bond acceptors (Lipinski definition) is 3. The summed E-state index contributed by atoms with van der Waals surface area (Å²) in [6.45, 7) is 0. The Morgan fingerprint density at radius 3 is 2.32 bits per heavy atom. The molecule has 28 heavy (non-hydrogen) atoms. The maximum Gasteiger partial charge on any atom is 0.391 e. The Kier molecular flexibility index (Phi) is 6.20. The fraction of sp³-hybridized carbons (Fsp3) is 0.588. The van der Waals surface area contributed by atoms with E-state index in [9.17, 15) is 26.4 Å². The van der Waals surface area contributed by atoms with Crippen molar-refractivity contribution < 1.29 is 26.4 Å². The number of alkyl halides is 3. The summed E-state index contributed by atoms with van der Waals surface area (Å²) in [5.74, 6) is -2.19. The number of halogens is 5. The molecule has 2 fully saturated rings. The van der Waals surface area contributed by atoms with Crippen LogP contribution in [-0.2, 0) is 10.0 Å². The van der Waals surface area contributed by atoms with Crippen LogP contribution >= 0.6 is 23.2 Å². The first-order valence-corrected chi connectivity index (χ1v) is 11.1. The van der Waals surface area contributed by atoms with Crippen molar-refractivity contribution in [3.8, 4) is 0 Å². The highest BCUT2D eigenvalue weighted by Gasteiger charge is 2.42. The zero-order valence-corrected chi connectivity index (χ0v) is 17.0. The molecule has 0 aliphatic heterocycles. The van der Waals surface area contributed by atoms with Gasteiger partial charge in [0.25, 0.3) is 5.91 Å². The van der Waals surface area contributed by atoms with Crippen LogP contribution in [0.4, 0.5) is 13.2 Å². The van der Waals surface area contributed by atoms with Gasteiger partial charge >= 0.3 is 6.18 Å². The second-order valence-corrected chi connectivity index (χ2v) is 9.73. The van der Waals surface area contributed by atoms with E-state index in [1.165, 1.54) is 0 Å². The van der Waals surface area contributed by atoms with Gasteiger partial charge in [-0.25, -0.2) is 13.1 Å². The molecule has 1 aromatic carbocycles. The Bertz CT molecular complexity index is 873. The Morgan fingerprint density at radius 1 is 1.04 bits per heavy atom. The summed E-state index contributed by atoms with van der Waals surface area (Å²) in [6.07, 6.45) is -2.29. The molecule has 2 aliphatic rings. The van der Waals surface area contributed by atoms with Crippen LogP contribution in [0.5, 0.6) is 0 Å². The first kappa shape index (κ1) is 21.7. The van der Waals surface area contributed by atoms with Gasteiger partial charge in [-0.05, 0) is 44.2 Å². The third-order valence-electron chi connectivity index (χ3n) is 4.93. The largest absolute Gasteiger partial charge is 0.391 e. The highest BCUT2D eigenvalue weighted by molar-refractivity contribution is 7.89. The summed E-state index contributed by atoms with van der Waals surface area (Å²) >= 11 is 12.0. The van der Waals surface area contributed by atoms with Crippen LogP contribution in [0.15, 0.2) is 17.0 Å². The van der Waals surface area contributed by atoms with Crippen molar-refractivity contribution in [1.29, 1.82) is 0 Å². The van der Waals surface area contributed by atoms with Gasteiger partial charge in [0.1, 0.15) is 4.90 Å². The van der Waals surface area contributed by atoms with Gasteiger partial charge in [0.15, 0.2) is 0 Å². The number of amides is 1. The molecular weight excluding hydrogens is 440 g/mol. The SMILES string of the molecule is O=C(NC1CCCC(C(F)(F)F)C1)c1cc(S(=O)(=O)NC2CC2)c(Cl)cc1Cl. The maximum atomic E-state index is 13.0. The van der Waals surface area contributed by atoms with Crippen LogP contribution in [0, 0.1) is 5.92 Å². The number of rotatable bonds is 5. The fourth-order valence-corrected chi connectivity index (χ4v) is 5.44. The van der Waals surface area contributed by atoms with Gasteiger partial charge in [-0.3, -0.25) is 4.79 Å². The maximum absolute atomic E-state index is 13.0. The van der Waals surface area contributed by atoms with Crippen LogP contribution in [0.25, 0.3) is 0 Å². The Labute approximate surface area is 171 Å². The zero-order valence-electron chi connectivity index (χ0n) is 14.7. The van der Waals surface area contributed by atoms with E-state index in [2.05, 4.69) is 10.0 Å². The molecule has 156 valence electrons. The van der Waals surface area contributed by atoms with Crippen molar-refractivity contribution >= 4 is 39.1 Å². The van der Waals surface area contributed by atoms with Gasteiger partial charge in [-0.1, -0.05) is 29.6 Å². The Balaban J connectivity index is 1.79. The number of carbonyl (C=O) groups excluding carboxylic acids is 1. The van der Waals surface area contributed by atoms with Crippen LogP contribution in [0.1, 0.15) is 48.9 Å². The van der Waals surface area contributed by atoms with Crippen molar-refractivity contribution in [2.75, 3.05) is 0 Å². The van der Waals surface area contributed by atoms with Crippen LogP contribution < -0.4 is 10.0 Å². The smallest absolute Gasteiger partial charge is 0.349 e. The highest BCUT2D eigenvalue weighted by Crippen LogP contribution is 2.38. The van der Waals surface area contributed by atoms with Crippen molar-refractivity contribution in [3.05, 3.63) is 27.7 Å². The summed E-state index contributed by atoms with van der Waals surface area (Å²) in [4.78, 5) is 12.3. The van der Waals surface area contributed by atoms with E-state index in [1.54, 1.807) is 0 Å².